The van der Waals surface area contributed by atoms with Crippen LogP contribution in [-0.2, 0) is 6.42 Å². The third-order valence-corrected chi connectivity index (χ3v) is 5.52. The van der Waals surface area contributed by atoms with Gasteiger partial charge in [-0.3, -0.25) is 4.79 Å². The van der Waals surface area contributed by atoms with Gasteiger partial charge in [-0.15, -0.1) is 0 Å². The van der Waals surface area contributed by atoms with Crippen LogP contribution in [0, 0.1) is 5.92 Å². The number of carbonyl (C=O) groups excluding carboxylic acids is 1. The standard InChI is InChI=1S/C24H26N2O/c27-24(23-12-6-10-21-9-4-5-11-22(21)23)25-17-20-14-16-26(18-20)15-13-19-7-2-1-3-8-19/h1-12,20H,13-18H2,(H,25,27). The topological polar surface area (TPSA) is 32.3 Å². The summed E-state index contributed by atoms with van der Waals surface area (Å²) < 4.78 is 0. The fourth-order valence-electron chi connectivity index (χ4n) is 3.97. The average Bonchev–Trinajstić information content (AvgIpc) is 3.19. The maximum Gasteiger partial charge on any atom is 0.251 e. The molecular formula is C24H26N2O. The maximum absolute atomic E-state index is 12.7. The number of benzene rings is 3. The van der Waals surface area contributed by atoms with Crippen LogP contribution in [0.1, 0.15) is 22.3 Å². The second-order valence-corrected chi connectivity index (χ2v) is 7.43. The van der Waals surface area contributed by atoms with Gasteiger partial charge in [0.1, 0.15) is 0 Å². The Morgan fingerprint density at radius 1 is 0.963 bits per heavy atom. The van der Waals surface area contributed by atoms with Crippen molar-refractivity contribution < 1.29 is 4.79 Å². The Balaban J connectivity index is 1.28. The normalized spacial score (nSPS) is 17.3. The minimum Gasteiger partial charge on any atom is -0.352 e. The predicted molar refractivity (Wildman–Crippen MR) is 111 cm³/mol. The van der Waals surface area contributed by atoms with E-state index < -0.39 is 0 Å². The lowest BCUT2D eigenvalue weighted by Gasteiger charge is -2.16. The van der Waals surface area contributed by atoms with E-state index in [2.05, 4.69) is 40.5 Å². The molecule has 4 rings (SSSR count). The van der Waals surface area contributed by atoms with E-state index in [1.165, 1.54) is 5.56 Å². The number of hydrogen-bond acceptors (Lipinski definition) is 2. The summed E-state index contributed by atoms with van der Waals surface area (Å²) in [6, 6.07) is 24.6. The minimum atomic E-state index is 0.0366. The number of likely N-dealkylation sites (tertiary alicyclic amines) is 1. The van der Waals surface area contributed by atoms with E-state index in [1.807, 2.05) is 42.5 Å². The van der Waals surface area contributed by atoms with Crippen molar-refractivity contribution in [2.24, 2.45) is 5.92 Å². The molecule has 1 atom stereocenters. The van der Waals surface area contributed by atoms with Crippen LogP contribution in [0.5, 0.6) is 0 Å². The van der Waals surface area contributed by atoms with Gasteiger partial charge in [0.05, 0.1) is 0 Å². The molecule has 0 bridgehead atoms. The van der Waals surface area contributed by atoms with Crippen LogP contribution in [0.15, 0.2) is 72.8 Å². The second-order valence-electron chi connectivity index (χ2n) is 7.43. The van der Waals surface area contributed by atoms with E-state index in [0.29, 0.717) is 5.92 Å². The number of amides is 1. The van der Waals surface area contributed by atoms with Gasteiger partial charge in [-0.05, 0) is 47.7 Å². The first-order valence-corrected chi connectivity index (χ1v) is 9.82. The Morgan fingerprint density at radius 2 is 1.74 bits per heavy atom. The molecule has 1 aliphatic rings. The zero-order valence-electron chi connectivity index (χ0n) is 15.6. The Hall–Kier alpha value is -2.65. The molecule has 138 valence electrons. The van der Waals surface area contributed by atoms with Crippen LogP contribution in [0.4, 0.5) is 0 Å². The lowest BCUT2D eigenvalue weighted by molar-refractivity contribution is 0.0949. The Morgan fingerprint density at radius 3 is 2.63 bits per heavy atom. The minimum absolute atomic E-state index is 0.0366. The van der Waals surface area contributed by atoms with Crippen LogP contribution in [-0.4, -0.2) is 37.0 Å². The van der Waals surface area contributed by atoms with Crippen molar-refractivity contribution >= 4 is 16.7 Å². The molecule has 27 heavy (non-hydrogen) atoms. The van der Waals surface area contributed by atoms with E-state index in [-0.39, 0.29) is 5.91 Å². The summed E-state index contributed by atoms with van der Waals surface area (Å²) in [6.07, 6.45) is 2.25. The summed E-state index contributed by atoms with van der Waals surface area (Å²) in [5.74, 6) is 0.578. The molecule has 3 aromatic rings. The van der Waals surface area contributed by atoms with Gasteiger partial charge in [-0.2, -0.15) is 0 Å². The van der Waals surface area contributed by atoms with Gasteiger partial charge < -0.3 is 10.2 Å². The quantitative estimate of drug-likeness (QED) is 0.718. The highest BCUT2D eigenvalue weighted by Crippen LogP contribution is 2.19. The summed E-state index contributed by atoms with van der Waals surface area (Å²) >= 11 is 0. The van der Waals surface area contributed by atoms with E-state index in [0.717, 1.165) is 55.4 Å². The van der Waals surface area contributed by atoms with Crippen LogP contribution >= 0.6 is 0 Å². The molecular weight excluding hydrogens is 332 g/mol. The van der Waals surface area contributed by atoms with Gasteiger partial charge in [-0.25, -0.2) is 0 Å². The highest BCUT2D eigenvalue weighted by Gasteiger charge is 2.22. The molecule has 0 radical (unpaired) electrons. The molecule has 0 aliphatic carbocycles. The smallest absolute Gasteiger partial charge is 0.251 e. The third-order valence-electron chi connectivity index (χ3n) is 5.52. The van der Waals surface area contributed by atoms with Crippen LogP contribution in [0.25, 0.3) is 10.8 Å². The molecule has 1 amide bonds. The van der Waals surface area contributed by atoms with Crippen molar-refractivity contribution in [3.63, 3.8) is 0 Å². The van der Waals surface area contributed by atoms with Crippen molar-refractivity contribution in [2.75, 3.05) is 26.2 Å². The molecule has 3 heteroatoms. The van der Waals surface area contributed by atoms with Crippen LogP contribution in [0.2, 0.25) is 0 Å². The molecule has 1 heterocycles. The molecule has 0 spiro atoms. The number of hydrogen-bond donors (Lipinski definition) is 1. The Bertz CT molecular complexity index is 901. The lowest BCUT2D eigenvalue weighted by Crippen LogP contribution is -2.31. The second kappa shape index (κ2) is 8.36. The molecule has 0 aromatic heterocycles. The van der Waals surface area contributed by atoms with Gasteiger partial charge in [0.25, 0.3) is 5.91 Å². The van der Waals surface area contributed by atoms with Crippen molar-refractivity contribution in [3.05, 3.63) is 83.9 Å². The Labute approximate surface area is 161 Å². The summed E-state index contributed by atoms with van der Waals surface area (Å²) in [5.41, 5.74) is 2.16. The van der Waals surface area contributed by atoms with Gasteiger partial charge in [0.15, 0.2) is 0 Å². The van der Waals surface area contributed by atoms with Crippen LogP contribution in [0.3, 0.4) is 0 Å². The molecule has 1 unspecified atom stereocenters. The third kappa shape index (κ3) is 4.37. The molecule has 0 saturated carbocycles. The molecule has 1 fully saturated rings. The highest BCUT2D eigenvalue weighted by atomic mass is 16.1. The molecule has 1 saturated heterocycles. The van der Waals surface area contributed by atoms with Crippen molar-refractivity contribution in [1.82, 2.24) is 10.2 Å². The van der Waals surface area contributed by atoms with Crippen molar-refractivity contribution in [1.29, 1.82) is 0 Å². The maximum atomic E-state index is 12.7. The molecule has 3 aromatic carbocycles. The van der Waals surface area contributed by atoms with Gasteiger partial charge >= 0.3 is 0 Å². The first-order valence-electron chi connectivity index (χ1n) is 9.82. The van der Waals surface area contributed by atoms with E-state index in [9.17, 15) is 4.79 Å². The number of nitrogens with one attached hydrogen (secondary N) is 1. The predicted octanol–water partition coefficient (Wildman–Crippen LogP) is 4.13. The van der Waals surface area contributed by atoms with E-state index in [4.69, 9.17) is 0 Å². The van der Waals surface area contributed by atoms with Crippen molar-refractivity contribution in [2.45, 2.75) is 12.8 Å². The molecule has 3 nitrogen and oxygen atoms in total. The lowest BCUT2D eigenvalue weighted by atomic mass is 10.0. The first kappa shape index (κ1) is 17.7. The summed E-state index contributed by atoms with van der Waals surface area (Å²) in [6.45, 7) is 4.05. The summed E-state index contributed by atoms with van der Waals surface area (Å²) in [4.78, 5) is 15.2. The first-order chi connectivity index (χ1) is 13.3. The summed E-state index contributed by atoms with van der Waals surface area (Å²) in [5, 5.41) is 5.29. The van der Waals surface area contributed by atoms with Gasteiger partial charge in [-0.1, -0.05) is 66.7 Å². The largest absolute Gasteiger partial charge is 0.352 e. The monoisotopic (exact) mass is 358 g/mol. The van der Waals surface area contributed by atoms with E-state index in [1.54, 1.807) is 0 Å². The number of carbonyl (C=O) groups is 1. The zero-order valence-corrected chi connectivity index (χ0v) is 15.6. The Kier molecular flexibility index (Phi) is 5.50. The number of rotatable bonds is 6. The van der Waals surface area contributed by atoms with Gasteiger partial charge in [0, 0.05) is 25.2 Å². The average molecular weight is 358 g/mol. The zero-order chi connectivity index (χ0) is 18.5. The highest BCUT2D eigenvalue weighted by molar-refractivity contribution is 6.06. The van der Waals surface area contributed by atoms with E-state index >= 15 is 0 Å². The number of fused-ring (bicyclic) bond motifs is 1. The van der Waals surface area contributed by atoms with Gasteiger partial charge in [0.2, 0.25) is 0 Å². The van der Waals surface area contributed by atoms with Crippen LogP contribution < -0.4 is 5.32 Å². The molecule has 1 N–H and O–H groups in total. The SMILES string of the molecule is O=C(NCC1CCN(CCc2ccccc2)C1)c1cccc2ccccc12. The fraction of sp³-hybridized carbons (Fsp3) is 0.292. The fourth-order valence-corrected chi connectivity index (χ4v) is 3.97. The summed E-state index contributed by atoms with van der Waals surface area (Å²) in [7, 11) is 0. The molecule has 1 aliphatic heterocycles. The van der Waals surface area contributed by atoms with Crippen molar-refractivity contribution in [3.8, 4) is 0 Å². The number of nitrogens with zero attached hydrogens (tertiary/aromatic N) is 1.